The van der Waals surface area contributed by atoms with E-state index in [0.717, 1.165) is 0 Å². The molecule has 1 N–H and O–H groups in total. The van der Waals surface area contributed by atoms with Gasteiger partial charge < -0.3 is 9.84 Å². The topological polar surface area (TPSA) is 55.1 Å². The smallest absolute Gasteiger partial charge is 0.361 e. The summed E-state index contributed by atoms with van der Waals surface area (Å²) in [4.78, 5) is 12.2. The Hall–Kier alpha value is -2.52. The molecule has 0 saturated heterocycles. The SMILES string of the molecule is CCc1noc(C)c1C(=O)Nc1cc(C(F)(F)F)cc(C(F)(F)F)c1. The van der Waals surface area contributed by atoms with Crippen LogP contribution in [0.4, 0.5) is 32.0 Å². The highest BCUT2D eigenvalue weighted by Crippen LogP contribution is 2.37. The largest absolute Gasteiger partial charge is 0.416 e. The first-order chi connectivity index (χ1) is 11.4. The van der Waals surface area contributed by atoms with Crippen molar-refractivity contribution in [3.05, 3.63) is 46.3 Å². The number of aromatic nitrogens is 1. The van der Waals surface area contributed by atoms with Crippen LogP contribution in [-0.4, -0.2) is 11.1 Å². The van der Waals surface area contributed by atoms with Crippen LogP contribution < -0.4 is 5.32 Å². The van der Waals surface area contributed by atoms with Gasteiger partial charge in [-0.15, -0.1) is 0 Å². The number of carbonyl (C=O) groups is 1. The molecule has 0 saturated carbocycles. The summed E-state index contributed by atoms with van der Waals surface area (Å²) < 4.78 is 81.8. The molecule has 1 aromatic heterocycles. The number of nitrogens with one attached hydrogen (secondary N) is 1. The molecule has 0 aliphatic heterocycles. The zero-order valence-corrected chi connectivity index (χ0v) is 13.0. The van der Waals surface area contributed by atoms with Crippen molar-refractivity contribution in [2.45, 2.75) is 32.6 Å². The number of alkyl halides is 6. The highest BCUT2D eigenvalue weighted by molar-refractivity contribution is 6.05. The molecule has 1 amide bonds. The van der Waals surface area contributed by atoms with Gasteiger partial charge in [-0.2, -0.15) is 26.3 Å². The minimum Gasteiger partial charge on any atom is -0.361 e. The molecule has 136 valence electrons. The molecule has 1 aromatic carbocycles. The lowest BCUT2D eigenvalue weighted by atomic mass is 10.1. The molecule has 25 heavy (non-hydrogen) atoms. The summed E-state index contributed by atoms with van der Waals surface area (Å²) in [5.74, 6) is -0.791. The zero-order valence-electron chi connectivity index (χ0n) is 13.0. The van der Waals surface area contributed by atoms with Gasteiger partial charge in [0.1, 0.15) is 11.3 Å². The summed E-state index contributed by atoms with van der Waals surface area (Å²) in [7, 11) is 0. The highest BCUT2D eigenvalue weighted by atomic mass is 19.4. The maximum atomic E-state index is 12.8. The molecule has 0 spiro atoms. The number of carbonyl (C=O) groups excluding carboxylic acids is 1. The van der Waals surface area contributed by atoms with Crippen LogP contribution in [0.2, 0.25) is 0 Å². The van der Waals surface area contributed by atoms with E-state index in [1.165, 1.54) is 6.92 Å². The summed E-state index contributed by atoms with van der Waals surface area (Å²) >= 11 is 0. The number of anilines is 1. The van der Waals surface area contributed by atoms with E-state index in [1.54, 1.807) is 6.92 Å². The normalized spacial score (nSPS) is 12.3. The molecule has 0 atom stereocenters. The van der Waals surface area contributed by atoms with Crippen LogP contribution in [-0.2, 0) is 18.8 Å². The van der Waals surface area contributed by atoms with Gasteiger partial charge in [-0.3, -0.25) is 4.79 Å². The Balaban J connectivity index is 2.45. The van der Waals surface area contributed by atoms with Crippen LogP contribution >= 0.6 is 0 Å². The van der Waals surface area contributed by atoms with Crippen LogP contribution in [0.1, 0.15) is 39.9 Å². The van der Waals surface area contributed by atoms with Crippen molar-refractivity contribution in [1.29, 1.82) is 0 Å². The van der Waals surface area contributed by atoms with E-state index in [0.29, 0.717) is 18.6 Å². The third-order valence-corrected chi connectivity index (χ3v) is 3.34. The molecule has 1 heterocycles. The molecule has 0 aliphatic carbocycles. The number of rotatable bonds is 3. The average Bonchev–Trinajstić information content (AvgIpc) is 2.86. The number of hydrogen-bond acceptors (Lipinski definition) is 3. The van der Waals surface area contributed by atoms with Crippen molar-refractivity contribution in [3.8, 4) is 0 Å². The average molecular weight is 366 g/mol. The van der Waals surface area contributed by atoms with E-state index in [-0.39, 0.29) is 23.1 Å². The van der Waals surface area contributed by atoms with Crippen molar-refractivity contribution < 1.29 is 35.7 Å². The fourth-order valence-corrected chi connectivity index (χ4v) is 2.17. The minimum absolute atomic E-state index is 0.0161. The molecular weight excluding hydrogens is 354 g/mol. The van der Waals surface area contributed by atoms with Crippen LogP contribution in [0, 0.1) is 6.92 Å². The van der Waals surface area contributed by atoms with Crippen molar-refractivity contribution in [3.63, 3.8) is 0 Å². The van der Waals surface area contributed by atoms with Crippen LogP contribution in [0.15, 0.2) is 22.7 Å². The maximum Gasteiger partial charge on any atom is 0.416 e. The van der Waals surface area contributed by atoms with E-state index in [2.05, 4.69) is 5.16 Å². The minimum atomic E-state index is -5.00. The third-order valence-electron chi connectivity index (χ3n) is 3.34. The van der Waals surface area contributed by atoms with Crippen molar-refractivity contribution >= 4 is 11.6 Å². The molecule has 0 fully saturated rings. The molecule has 4 nitrogen and oxygen atoms in total. The summed E-state index contributed by atoms with van der Waals surface area (Å²) in [6.45, 7) is 3.08. The Kier molecular flexibility index (Phi) is 4.83. The second-order valence-corrected chi connectivity index (χ2v) is 5.16. The van der Waals surface area contributed by atoms with Gasteiger partial charge >= 0.3 is 12.4 Å². The molecule has 0 radical (unpaired) electrons. The van der Waals surface area contributed by atoms with Gasteiger partial charge in [0.25, 0.3) is 5.91 Å². The van der Waals surface area contributed by atoms with Gasteiger partial charge in [-0.05, 0) is 31.5 Å². The second-order valence-electron chi connectivity index (χ2n) is 5.16. The van der Waals surface area contributed by atoms with Crippen LogP contribution in [0.5, 0.6) is 0 Å². The Labute approximate surface area is 137 Å². The van der Waals surface area contributed by atoms with E-state index in [1.807, 2.05) is 5.32 Å². The summed E-state index contributed by atoms with van der Waals surface area (Å²) in [6.07, 6.45) is -9.69. The Bertz CT molecular complexity index is 760. The first-order valence-electron chi connectivity index (χ1n) is 6.99. The van der Waals surface area contributed by atoms with Crippen LogP contribution in [0.3, 0.4) is 0 Å². The number of aryl methyl sites for hydroxylation is 2. The summed E-state index contributed by atoms with van der Waals surface area (Å²) in [5, 5.41) is 5.66. The Morgan fingerprint density at radius 3 is 2.04 bits per heavy atom. The lowest BCUT2D eigenvalue weighted by Crippen LogP contribution is -2.17. The Morgan fingerprint density at radius 2 is 1.60 bits per heavy atom. The van der Waals surface area contributed by atoms with Crippen molar-refractivity contribution in [2.24, 2.45) is 0 Å². The fourth-order valence-electron chi connectivity index (χ4n) is 2.17. The highest BCUT2D eigenvalue weighted by Gasteiger charge is 2.37. The predicted molar refractivity (Wildman–Crippen MR) is 75.0 cm³/mol. The van der Waals surface area contributed by atoms with Gasteiger partial charge in [0.05, 0.1) is 16.8 Å². The molecule has 2 rings (SSSR count). The van der Waals surface area contributed by atoms with E-state index in [9.17, 15) is 31.1 Å². The fraction of sp³-hybridized carbons (Fsp3) is 0.333. The van der Waals surface area contributed by atoms with Gasteiger partial charge in [-0.1, -0.05) is 12.1 Å². The van der Waals surface area contributed by atoms with E-state index in [4.69, 9.17) is 4.52 Å². The molecule has 0 bridgehead atoms. The second kappa shape index (κ2) is 6.41. The molecule has 0 aliphatic rings. The quantitative estimate of drug-likeness (QED) is 0.792. The molecule has 10 heteroatoms. The van der Waals surface area contributed by atoms with Gasteiger partial charge in [0.2, 0.25) is 0 Å². The number of halogens is 6. The zero-order chi connectivity index (χ0) is 19.0. The van der Waals surface area contributed by atoms with Gasteiger partial charge in [0, 0.05) is 5.69 Å². The standard InChI is InChI=1S/C15H12F6N2O2/c1-3-11-12(7(2)25-23-11)13(24)22-10-5-8(14(16,17)18)4-9(6-10)15(19,20)21/h4-6H,3H2,1-2H3,(H,22,24). The first-order valence-corrected chi connectivity index (χ1v) is 6.99. The van der Waals surface area contributed by atoms with Gasteiger partial charge in [0.15, 0.2) is 0 Å². The molecule has 0 unspecified atom stereocenters. The van der Waals surface area contributed by atoms with E-state index < -0.39 is 35.1 Å². The van der Waals surface area contributed by atoms with Gasteiger partial charge in [-0.25, -0.2) is 0 Å². The van der Waals surface area contributed by atoms with Crippen molar-refractivity contribution in [1.82, 2.24) is 5.16 Å². The van der Waals surface area contributed by atoms with E-state index >= 15 is 0 Å². The maximum absolute atomic E-state index is 12.8. The number of benzene rings is 1. The number of hydrogen-bond donors (Lipinski definition) is 1. The van der Waals surface area contributed by atoms with Crippen molar-refractivity contribution in [2.75, 3.05) is 5.32 Å². The predicted octanol–water partition coefficient (Wildman–Crippen LogP) is 4.84. The monoisotopic (exact) mass is 366 g/mol. The third kappa shape index (κ3) is 4.12. The lowest BCUT2D eigenvalue weighted by Gasteiger charge is -2.14. The number of amides is 1. The Morgan fingerprint density at radius 1 is 1.08 bits per heavy atom. The van der Waals surface area contributed by atoms with Crippen LogP contribution in [0.25, 0.3) is 0 Å². The first kappa shape index (κ1) is 18.8. The summed E-state index contributed by atoms with van der Waals surface area (Å²) in [5.41, 5.74) is -3.44. The lowest BCUT2D eigenvalue weighted by molar-refractivity contribution is -0.143. The number of nitrogens with zero attached hydrogens (tertiary/aromatic N) is 1. The molecule has 2 aromatic rings. The summed E-state index contributed by atoms with van der Waals surface area (Å²) in [6, 6.07) is 0.848. The molecular formula is C15H12F6N2O2.